The molecule has 0 saturated heterocycles. The van der Waals surface area contributed by atoms with Crippen LogP contribution in [0.2, 0.25) is 0 Å². The first-order valence-electron chi connectivity index (χ1n) is 8.32. The number of hydrogen-bond acceptors (Lipinski definition) is 7. The van der Waals surface area contributed by atoms with Gasteiger partial charge < -0.3 is 9.47 Å². The van der Waals surface area contributed by atoms with E-state index in [-0.39, 0.29) is 11.4 Å². The molecule has 0 fully saturated rings. The minimum atomic E-state index is -0.534. The molecule has 0 spiro atoms. The third kappa shape index (κ3) is 5.45. The zero-order valence-corrected chi connectivity index (χ0v) is 16.8. The predicted octanol–water partition coefficient (Wildman–Crippen LogP) is 3.23. The van der Waals surface area contributed by atoms with Gasteiger partial charge >= 0.3 is 5.97 Å². The maximum absolute atomic E-state index is 12.4. The van der Waals surface area contributed by atoms with Crippen molar-refractivity contribution in [2.45, 2.75) is 0 Å². The molecule has 0 radical (unpaired) electrons. The fourth-order valence-electron chi connectivity index (χ4n) is 2.23. The van der Waals surface area contributed by atoms with Gasteiger partial charge in [0.15, 0.2) is 0 Å². The van der Waals surface area contributed by atoms with E-state index >= 15 is 0 Å². The number of aromatic nitrogens is 2. The van der Waals surface area contributed by atoms with Gasteiger partial charge in [-0.15, -0.1) is 0 Å². The van der Waals surface area contributed by atoms with Crippen LogP contribution in [0.4, 0.5) is 0 Å². The summed E-state index contributed by atoms with van der Waals surface area (Å²) in [5.74, 6) is -0.127. The minimum absolute atomic E-state index is 0.130. The Labute approximate surface area is 174 Å². The van der Waals surface area contributed by atoms with Gasteiger partial charge in [0.05, 0.1) is 25.1 Å². The fraction of sp³-hybridized carbons (Fsp3) is 0.0500. The van der Waals surface area contributed by atoms with E-state index in [2.05, 4.69) is 36.4 Å². The van der Waals surface area contributed by atoms with Gasteiger partial charge in [-0.3, -0.25) is 9.78 Å². The Hall–Kier alpha value is -3.59. The van der Waals surface area contributed by atoms with Crippen LogP contribution in [0.3, 0.4) is 0 Å². The van der Waals surface area contributed by atoms with Crippen molar-refractivity contribution in [1.82, 2.24) is 15.4 Å². The number of rotatable bonds is 6. The van der Waals surface area contributed by atoms with Crippen LogP contribution in [0.5, 0.6) is 11.5 Å². The van der Waals surface area contributed by atoms with Crippen molar-refractivity contribution in [2.75, 3.05) is 7.11 Å². The van der Waals surface area contributed by atoms with Crippen molar-refractivity contribution in [2.24, 2.45) is 5.10 Å². The Morgan fingerprint density at radius 1 is 1.14 bits per heavy atom. The average Bonchev–Trinajstić information content (AvgIpc) is 2.76. The molecular formula is C20H15BrN4O4. The molecule has 146 valence electrons. The van der Waals surface area contributed by atoms with E-state index in [4.69, 9.17) is 9.47 Å². The van der Waals surface area contributed by atoms with Crippen molar-refractivity contribution >= 4 is 34.0 Å². The third-order valence-corrected chi connectivity index (χ3v) is 4.16. The normalized spacial score (nSPS) is 10.6. The lowest BCUT2D eigenvalue weighted by atomic mass is 10.2. The van der Waals surface area contributed by atoms with Crippen LogP contribution in [0.25, 0.3) is 0 Å². The molecule has 0 atom stereocenters. The Balaban J connectivity index is 1.73. The Morgan fingerprint density at radius 3 is 2.62 bits per heavy atom. The summed E-state index contributed by atoms with van der Waals surface area (Å²) in [6.45, 7) is 0. The second-order valence-electron chi connectivity index (χ2n) is 5.59. The summed E-state index contributed by atoms with van der Waals surface area (Å²) in [5, 5.41) is 3.90. The lowest BCUT2D eigenvalue weighted by Crippen LogP contribution is -2.19. The van der Waals surface area contributed by atoms with Crippen LogP contribution in [-0.4, -0.2) is 35.2 Å². The zero-order chi connectivity index (χ0) is 20.6. The number of benzene rings is 2. The van der Waals surface area contributed by atoms with E-state index in [1.165, 1.54) is 24.8 Å². The van der Waals surface area contributed by atoms with Gasteiger partial charge in [-0.1, -0.05) is 15.9 Å². The quantitative estimate of drug-likeness (QED) is 0.265. The lowest BCUT2D eigenvalue weighted by Gasteiger charge is -2.08. The standard InChI is InChI=1S/C20H15BrN4O4/c1-28-16-5-2-13(3-6-16)20(27)29-18-7-4-15(21)10-14(18)11-24-25-19(26)17-12-22-8-9-23-17/h2-12H,1H3,(H,25,26)/b24-11-. The van der Waals surface area contributed by atoms with E-state index in [1.54, 1.807) is 49.6 Å². The molecule has 0 aliphatic heterocycles. The molecule has 0 unspecified atom stereocenters. The maximum atomic E-state index is 12.4. The number of ether oxygens (including phenoxy) is 2. The summed E-state index contributed by atoms with van der Waals surface area (Å²) in [4.78, 5) is 32.1. The van der Waals surface area contributed by atoms with Crippen LogP contribution in [-0.2, 0) is 0 Å². The molecule has 1 N–H and O–H groups in total. The number of carbonyl (C=O) groups excluding carboxylic acids is 2. The third-order valence-electron chi connectivity index (χ3n) is 3.67. The molecule has 3 rings (SSSR count). The first-order chi connectivity index (χ1) is 14.1. The van der Waals surface area contributed by atoms with Gasteiger partial charge in [0.25, 0.3) is 5.91 Å². The molecule has 29 heavy (non-hydrogen) atoms. The van der Waals surface area contributed by atoms with Crippen LogP contribution in [0.1, 0.15) is 26.4 Å². The number of hydrogen-bond donors (Lipinski definition) is 1. The molecule has 0 bridgehead atoms. The van der Waals surface area contributed by atoms with Gasteiger partial charge in [-0.25, -0.2) is 15.2 Å². The highest BCUT2D eigenvalue weighted by molar-refractivity contribution is 9.10. The van der Waals surface area contributed by atoms with E-state index in [0.717, 1.165) is 4.47 Å². The number of amides is 1. The number of methoxy groups -OCH3 is 1. The van der Waals surface area contributed by atoms with Crippen LogP contribution >= 0.6 is 15.9 Å². The number of hydrazone groups is 1. The molecule has 1 amide bonds. The first kappa shape index (κ1) is 20.2. The molecule has 8 nitrogen and oxygen atoms in total. The molecule has 3 aromatic rings. The molecule has 1 heterocycles. The van der Waals surface area contributed by atoms with E-state index in [0.29, 0.717) is 16.9 Å². The molecule has 2 aromatic carbocycles. The van der Waals surface area contributed by atoms with Crippen LogP contribution in [0.15, 0.2) is 70.6 Å². The summed E-state index contributed by atoms with van der Waals surface area (Å²) in [6.07, 6.45) is 5.57. The summed E-state index contributed by atoms with van der Waals surface area (Å²) in [5.41, 5.74) is 3.33. The van der Waals surface area contributed by atoms with Crippen LogP contribution in [0, 0.1) is 0 Å². The topological polar surface area (TPSA) is 103 Å². The SMILES string of the molecule is COc1ccc(C(=O)Oc2ccc(Br)cc2/C=N\NC(=O)c2cnccn2)cc1. The number of esters is 1. The summed E-state index contributed by atoms with van der Waals surface area (Å²) >= 11 is 3.36. The Bertz CT molecular complexity index is 1040. The second-order valence-corrected chi connectivity index (χ2v) is 6.51. The highest BCUT2D eigenvalue weighted by Crippen LogP contribution is 2.23. The Kier molecular flexibility index (Phi) is 6.64. The Morgan fingerprint density at radius 2 is 1.93 bits per heavy atom. The van der Waals surface area contributed by atoms with Gasteiger partial charge in [0.1, 0.15) is 17.2 Å². The van der Waals surface area contributed by atoms with Crippen molar-refractivity contribution in [1.29, 1.82) is 0 Å². The predicted molar refractivity (Wildman–Crippen MR) is 109 cm³/mol. The molecule has 0 aliphatic rings. The van der Waals surface area contributed by atoms with E-state index < -0.39 is 11.9 Å². The summed E-state index contributed by atoms with van der Waals surface area (Å²) in [7, 11) is 1.55. The monoisotopic (exact) mass is 454 g/mol. The fourth-order valence-corrected chi connectivity index (χ4v) is 2.61. The number of carbonyl (C=O) groups is 2. The van der Waals surface area contributed by atoms with Gasteiger partial charge in [-0.2, -0.15) is 5.10 Å². The highest BCUT2D eigenvalue weighted by atomic mass is 79.9. The second kappa shape index (κ2) is 9.56. The molecule has 1 aromatic heterocycles. The summed E-state index contributed by atoms with van der Waals surface area (Å²) < 4.78 is 11.3. The number of halogens is 1. The van der Waals surface area contributed by atoms with Crippen molar-refractivity contribution in [3.05, 3.63) is 82.3 Å². The van der Waals surface area contributed by atoms with Crippen molar-refractivity contribution in [3.63, 3.8) is 0 Å². The van der Waals surface area contributed by atoms with Crippen molar-refractivity contribution in [3.8, 4) is 11.5 Å². The van der Waals surface area contributed by atoms with Crippen molar-refractivity contribution < 1.29 is 19.1 Å². The number of nitrogens with zero attached hydrogens (tertiary/aromatic N) is 3. The zero-order valence-electron chi connectivity index (χ0n) is 15.2. The number of nitrogens with one attached hydrogen (secondary N) is 1. The summed E-state index contributed by atoms with van der Waals surface area (Å²) in [6, 6.07) is 11.6. The van der Waals surface area contributed by atoms with Gasteiger partial charge in [0, 0.05) is 22.4 Å². The lowest BCUT2D eigenvalue weighted by molar-refractivity contribution is 0.0734. The van der Waals surface area contributed by atoms with Crippen LogP contribution < -0.4 is 14.9 Å². The van der Waals surface area contributed by atoms with Gasteiger partial charge in [-0.05, 0) is 42.5 Å². The highest BCUT2D eigenvalue weighted by Gasteiger charge is 2.12. The molecule has 0 saturated carbocycles. The molecule has 0 aliphatic carbocycles. The minimum Gasteiger partial charge on any atom is -0.497 e. The first-order valence-corrected chi connectivity index (χ1v) is 9.11. The maximum Gasteiger partial charge on any atom is 0.343 e. The van der Waals surface area contributed by atoms with E-state index in [9.17, 15) is 9.59 Å². The molecule has 9 heteroatoms. The molecular weight excluding hydrogens is 440 g/mol. The smallest absolute Gasteiger partial charge is 0.343 e. The largest absolute Gasteiger partial charge is 0.497 e. The van der Waals surface area contributed by atoms with E-state index in [1.807, 2.05) is 0 Å². The average molecular weight is 455 g/mol. The van der Waals surface area contributed by atoms with Gasteiger partial charge in [0.2, 0.25) is 0 Å².